The molecule has 0 aromatic rings. The molecule has 2 fully saturated rings. The maximum Gasteiger partial charge on any atom is 0.311 e. The third kappa shape index (κ3) is 9.78. The first kappa shape index (κ1) is 43.9. The molecule has 16 atom stereocenters. The Morgan fingerprint density at radius 1 is 0.941 bits per heavy atom. The highest BCUT2D eigenvalue weighted by atomic mass is 16.7. The molecule has 13 nitrogen and oxygen atoms in total. The van der Waals surface area contributed by atoms with Gasteiger partial charge in [0.1, 0.15) is 23.9 Å². The summed E-state index contributed by atoms with van der Waals surface area (Å²) in [5, 5.41) is 34.0. The van der Waals surface area contributed by atoms with Crippen LogP contribution in [0.1, 0.15) is 94.9 Å². The number of hydrogen-bond acceptors (Lipinski definition) is 13. The molecule has 296 valence electrons. The number of methoxy groups -OCH3 is 2. The van der Waals surface area contributed by atoms with Crippen molar-refractivity contribution in [1.82, 2.24) is 4.90 Å². The Kier molecular flexibility index (Phi) is 14.9. The fourth-order valence-electron chi connectivity index (χ4n) is 8.27. The number of hydrogen-bond donors (Lipinski definition) is 3. The molecule has 2 saturated heterocycles. The number of ketones is 1. The number of nitrogens with zero attached hydrogens (tertiary/aromatic N) is 1. The van der Waals surface area contributed by atoms with E-state index >= 15 is 0 Å². The molecular weight excluding hydrogens is 662 g/mol. The van der Waals surface area contributed by atoms with Gasteiger partial charge in [-0.25, -0.2) is 0 Å². The number of aliphatic hydroxyl groups excluding tert-OH is 2. The molecule has 0 bridgehead atoms. The summed E-state index contributed by atoms with van der Waals surface area (Å²) in [6.45, 7) is 17.6. The van der Waals surface area contributed by atoms with Crippen LogP contribution in [0.2, 0.25) is 0 Å². The highest BCUT2D eigenvalue weighted by Crippen LogP contribution is 2.41. The molecule has 3 aliphatic rings. The Morgan fingerprint density at radius 2 is 1.55 bits per heavy atom. The van der Waals surface area contributed by atoms with Crippen molar-refractivity contribution < 1.29 is 58.1 Å². The summed E-state index contributed by atoms with van der Waals surface area (Å²) >= 11 is 0. The van der Waals surface area contributed by atoms with Crippen LogP contribution < -0.4 is 0 Å². The van der Waals surface area contributed by atoms with Gasteiger partial charge < -0.3 is 53.4 Å². The van der Waals surface area contributed by atoms with Gasteiger partial charge in [0.2, 0.25) is 0 Å². The molecule has 3 heterocycles. The van der Waals surface area contributed by atoms with Crippen molar-refractivity contribution in [2.24, 2.45) is 17.8 Å². The van der Waals surface area contributed by atoms with E-state index in [9.17, 15) is 24.9 Å². The number of carbonyl (C=O) groups excluding carboxylic acids is 2. The van der Waals surface area contributed by atoms with E-state index in [4.69, 9.17) is 33.2 Å². The summed E-state index contributed by atoms with van der Waals surface area (Å²) in [5.74, 6) is -3.03. The molecule has 3 rings (SSSR count). The quantitative estimate of drug-likeness (QED) is 0.312. The smallest absolute Gasteiger partial charge is 0.311 e. The number of carbonyl (C=O) groups is 2. The van der Waals surface area contributed by atoms with Gasteiger partial charge in [-0.3, -0.25) is 9.59 Å². The Bertz CT molecular complexity index is 1210. The predicted molar refractivity (Wildman–Crippen MR) is 190 cm³/mol. The van der Waals surface area contributed by atoms with E-state index in [0.29, 0.717) is 12.0 Å². The molecule has 0 aliphatic carbocycles. The molecular formula is C38H67NO12. The fraction of sp³-hybridized carbons (Fsp3) is 0.895. The standard InChI is InChI=1S/C38H67NO12/c1-15-27-36(8,44)17-20(2)29(40)21(3)18-38(10,46-14)33(51-35-30(41)26(39(11)12)16-22(4)47-35)23(5)31(24(6)34(43)49-27)50-28-19-37(9,45-13)32(42)25(7)48-28/h17,21-28,30-33,35,41-42,44H,15-16,18-19H2,1-14H3/b20-17+/t21-,22?,23+,24-,25?,26?,27-,28+,30?,31+,32+,33-,35+,36+,37?,38-/m1/s1. The minimum absolute atomic E-state index is 0.154. The average Bonchev–Trinajstić information content (AvgIpc) is 3.06. The third-order valence-corrected chi connectivity index (χ3v) is 11.6. The van der Waals surface area contributed by atoms with Crippen LogP contribution in [-0.4, -0.2) is 138 Å². The van der Waals surface area contributed by atoms with Crippen molar-refractivity contribution >= 4 is 11.8 Å². The summed E-state index contributed by atoms with van der Waals surface area (Å²) in [6.07, 6.45) is -4.99. The highest BCUT2D eigenvalue weighted by molar-refractivity contribution is 5.96. The van der Waals surface area contributed by atoms with E-state index < -0.39 is 89.7 Å². The summed E-state index contributed by atoms with van der Waals surface area (Å²) in [4.78, 5) is 29.9. The number of aliphatic hydroxyl groups is 3. The number of cyclic esters (lactones) is 1. The van der Waals surface area contributed by atoms with E-state index in [1.807, 2.05) is 39.8 Å². The monoisotopic (exact) mass is 729 g/mol. The van der Waals surface area contributed by atoms with Gasteiger partial charge >= 0.3 is 5.97 Å². The molecule has 0 aromatic heterocycles. The molecule has 0 saturated carbocycles. The molecule has 0 amide bonds. The van der Waals surface area contributed by atoms with E-state index in [0.717, 1.165) is 0 Å². The van der Waals surface area contributed by atoms with Gasteiger partial charge in [0.25, 0.3) is 0 Å². The van der Waals surface area contributed by atoms with Crippen molar-refractivity contribution in [2.45, 2.75) is 173 Å². The van der Waals surface area contributed by atoms with Crippen LogP contribution in [0.3, 0.4) is 0 Å². The first-order valence-electron chi connectivity index (χ1n) is 18.5. The van der Waals surface area contributed by atoms with Gasteiger partial charge in [-0.2, -0.15) is 0 Å². The van der Waals surface area contributed by atoms with Crippen LogP contribution in [0.25, 0.3) is 0 Å². The largest absolute Gasteiger partial charge is 0.459 e. The maximum absolute atomic E-state index is 14.1. The number of ether oxygens (including phenoxy) is 7. The zero-order valence-electron chi connectivity index (χ0n) is 33.4. The minimum atomic E-state index is -1.64. The number of esters is 1. The Labute approximate surface area is 305 Å². The summed E-state index contributed by atoms with van der Waals surface area (Å²) in [7, 11) is 6.84. The SMILES string of the molecule is CC[C@H]1OC(=O)[C@H](C)[C@@H](O[C@H]2CC(C)(OC)[C@@H](O)C(C)O2)[C@H](C)[C@@H](O[C@@H]2OC(C)CC(N(C)C)C2O)[C@](C)(OC)C[C@@H](C)C(=O)/C(C)=C/[C@]1(C)O. The molecule has 3 aliphatic heterocycles. The second-order valence-corrected chi connectivity index (χ2v) is 16.2. The minimum Gasteiger partial charge on any atom is -0.459 e. The topological polar surface area (TPSA) is 163 Å². The number of rotatable bonds is 8. The lowest BCUT2D eigenvalue weighted by Crippen LogP contribution is -2.61. The molecule has 0 spiro atoms. The lowest BCUT2D eigenvalue weighted by Gasteiger charge is -2.49. The number of allylic oxidation sites excluding steroid dienone is 1. The van der Waals surface area contributed by atoms with Crippen molar-refractivity contribution in [3.63, 3.8) is 0 Å². The second kappa shape index (κ2) is 17.3. The molecule has 0 aromatic carbocycles. The fourth-order valence-corrected chi connectivity index (χ4v) is 8.27. The summed E-state index contributed by atoms with van der Waals surface area (Å²) < 4.78 is 44.0. The van der Waals surface area contributed by atoms with E-state index in [2.05, 4.69) is 0 Å². The highest BCUT2D eigenvalue weighted by Gasteiger charge is 2.52. The lowest BCUT2D eigenvalue weighted by atomic mass is 9.76. The van der Waals surface area contributed by atoms with Crippen molar-refractivity contribution in [1.29, 1.82) is 0 Å². The number of Topliss-reactive ketones (excluding diaryl/α,β-unsaturated/α-hetero) is 1. The van der Waals surface area contributed by atoms with Gasteiger partial charge in [-0.15, -0.1) is 0 Å². The summed E-state index contributed by atoms with van der Waals surface area (Å²) in [5.41, 5.74) is -3.50. The first-order chi connectivity index (χ1) is 23.5. The maximum atomic E-state index is 14.1. The molecule has 51 heavy (non-hydrogen) atoms. The molecule has 5 unspecified atom stereocenters. The van der Waals surface area contributed by atoms with Crippen LogP contribution >= 0.6 is 0 Å². The molecule has 0 radical (unpaired) electrons. The second-order valence-electron chi connectivity index (χ2n) is 16.2. The summed E-state index contributed by atoms with van der Waals surface area (Å²) in [6, 6.07) is -0.260. The van der Waals surface area contributed by atoms with Crippen LogP contribution in [0.15, 0.2) is 11.6 Å². The van der Waals surface area contributed by atoms with Crippen molar-refractivity contribution in [3.05, 3.63) is 11.6 Å². The zero-order valence-corrected chi connectivity index (χ0v) is 33.4. The lowest BCUT2D eigenvalue weighted by molar-refractivity contribution is -0.319. The van der Waals surface area contributed by atoms with Crippen LogP contribution in [-0.2, 0) is 42.7 Å². The van der Waals surface area contributed by atoms with Gasteiger partial charge in [0, 0.05) is 38.5 Å². The van der Waals surface area contributed by atoms with Gasteiger partial charge in [0.05, 0.1) is 41.5 Å². The van der Waals surface area contributed by atoms with E-state index in [1.54, 1.807) is 41.5 Å². The number of likely N-dealkylation sites (N-methyl/N-ethyl adjacent to an activating group) is 1. The third-order valence-electron chi connectivity index (χ3n) is 11.6. The normalized spacial score (nSPS) is 47.7. The van der Waals surface area contributed by atoms with E-state index in [-0.39, 0.29) is 37.2 Å². The van der Waals surface area contributed by atoms with Crippen molar-refractivity contribution in [3.8, 4) is 0 Å². The predicted octanol–water partition coefficient (Wildman–Crippen LogP) is 3.39. The molecule has 3 N–H and O–H groups in total. The average molecular weight is 730 g/mol. The van der Waals surface area contributed by atoms with Crippen LogP contribution in [0.5, 0.6) is 0 Å². The molecule has 13 heteroatoms. The Morgan fingerprint density at radius 3 is 2.10 bits per heavy atom. The van der Waals surface area contributed by atoms with Crippen LogP contribution in [0, 0.1) is 17.8 Å². The van der Waals surface area contributed by atoms with Crippen LogP contribution in [0.4, 0.5) is 0 Å². The van der Waals surface area contributed by atoms with E-state index in [1.165, 1.54) is 27.2 Å². The zero-order chi connectivity index (χ0) is 38.8. The first-order valence-corrected chi connectivity index (χ1v) is 18.5. The van der Waals surface area contributed by atoms with Gasteiger partial charge in [0.15, 0.2) is 18.4 Å². The van der Waals surface area contributed by atoms with Gasteiger partial charge in [-0.05, 0) is 93.5 Å². The van der Waals surface area contributed by atoms with Gasteiger partial charge in [-0.1, -0.05) is 20.8 Å². The Balaban J connectivity index is 2.22. The van der Waals surface area contributed by atoms with Crippen molar-refractivity contribution in [2.75, 3.05) is 28.3 Å². The Hall–Kier alpha value is -1.52.